The molecule has 3 heteroatoms. The third-order valence-electron chi connectivity index (χ3n) is 3.65. The van der Waals surface area contributed by atoms with Gasteiger partial charge in [-0.15, -0.1) is 0 Å². The summed E-state index contributed by atoms with van der Waals surface area (Å²) in [5.74, 6) is 0. The predicted octanol–water partition coefficient (Wildman–Crippen LogP) is 2.84. The van der Waals surface area contributed by atoms with Gasteiger partial charge in [0.1, 0.15) is 0 Å². The second-order valence-electron chi connectivity index (χ2n) is 4.85. The van der Waals surface area contributed by atoms with Crippen molar-refractivity contribution in [1.29, 1.82) is 5.26 Å². The molecule has 0 atom stereocenters. The number of nitrogens with zero attached hydrogens (tertiary/aromatic N) is 3. The van der Waals surface area contributed by atoms with E-state index in [1.807, 2.05) is 25.5 Å². The van der Waals surface area contributed by atoms with Crippen LogP contribution in [-0.2, 0) is 19.9 Å². The van der Waals surface area contributed by atoms with Crippen LogP contribution in [0.15, 0.2) is 24.5 Å². The Morgan fingerprint density at radius 2 is 2.11 bits per heavy atom. The monoisotopic (exact) mass is 237 g/mol. The number of fused-ring (bicyclic) bond motifs is 1. The molecule has 0 amide bonds. The predicted molar refractivity (Wildman–Crippen MR) is 70.0 cm³/mol. The first-order valence-electron chi connectivity index (χ1n) is 6.33. The zero-order valence-electron chi connectivity index (χ0n) is 10.5. The SMILES string of the molecule is Cn1cc(-c2c(C#N)ccc3c2CCCC3)cn1. The summed E-state index contributed by atoms with van der Waals surface area (Å²) < 4.78 is 1.79. The third-order valence-corrected chi connectivity index (χ3v) is 3.65. The van der Waals surface area contributed by atoms with Crippen molar-refractivity contribution in [3.63, 3.8) is 0 Å². The lowest BCUT2D eigenvalue weighted by atomic mass is 9.84. The molecule has 3 nitrogen and oxygen atoms in total. The fourth-order valence-electron chi connectivity index (χ4n) is 2.80. The quantitative estimate of drug-likeness (QED) is 0.765. The van der Waals surface area contributed by atoms with Gasteiger partial charge in [0.25, 0.3) is 0 Å². The van der Waals surface area contributed by atoms with E-state index in [0.29, 0.717) is 0 Å². The summed E-state index contributed by atoms with van der Waals surface area (Å²) in [5.41, 5.74) is 5.69. The van der Waals surface area contributed by atoms with Crippen molar-refractivity contribution in [3.8, 4) is 17.2 Å². The molecule has 3 rings (SSSR count). The van der Waals surface area contributed by atoms with Crippen molar-refractivity contribution < 1.29 is 0 Å². The molecule has 0 unspecified atom stereocenters. The average Bonchev–Trinajstić information content (AvgIpc) is 2.83. The van der Waals surface area contributed by atoms with Crippen LogP contribution in [0.25, 0.3) is 11.1 Å². The molecule has 0 saturated heterocycles. The zero-order valence-corrected chi connectivity index (χ0v) is 10.5. The van der Waals surface area contributed by atoms with Crippen molar-refractivity contribution in [3.05, 3.63) is 41.2 Å². The van der Waals surface area contributed by atoms with Gasteiger partial charge in [-0.25, -0.2) is 0 Å². The van der Waals surface area contributed by atoms with Crippen molar-refractivity contribution in [2.45, 2.75) is 25.7 Å². The summed E-state index contributed by atoms with van der Waals surface area (Å²) in [4.78, 5) is 0. The number of rotatable bonds is 1. The molecule has 90 valence electrons. The standard InChI is InChI=1S/C15H15N3/c1-18-10-13(9-17-18)15-12(8-16)7-6-11-4-2-3-5-14(11)15/h6-7,9-10H,2-5H2,1H3. The van der Waals surface area contributed by atoms with E-state index in [-0.39, 0.29) is 0 Å². The van der Waals surface area contributed by atoms with E-state index in [2.05, 4.69) is 17.2 Å². The van der Waals surface area contributed by atoms with E-state index in [1.54, 1.807) is 4.68 Å². The van der Waals surface area contributed by atoms with Crippen LogP contribution in [0.1, 0.15) is 29.5 Å². The van der Waals surface area contributed by atoms with Crippen LogP contribution in [0, 0.1) is 11.3 Å². The van der Waals surface area contributed by atoms with E-state index in [1.165, 1.54) is 24.0 Å². The number of benzene rings is 1. The summed E-state index contributed by atoms with van der Waals surface area (Å²) >= 11 is 0. The van der Waals surface area contributed by atoms with Crippen molar-refractivity contribution in [2.75, 3.05) is 0 Å². The van der Waals surface area contributed by atoms with Crippen LogP contribution in [0.2, 0.25) is 0 Å². The number of aryl methyl sites for hydroxylation is 2. The van der Waals surface area contributed by atoms with Crippen LogP contribution in [0.3, 0.4) is 0 Å². The first kappa shape index (κ1) is 11.0. The van der Waals surface area contributed by atoms with Gasteiger partial charge in [0, 0.05) is 24.4 Å². The number of hydrogen-bond donors (Lipinski definition) is 0. The molecule has 0 aliphatic heterocycles. The molecular formula is C15H15N3. The lowest BCUT2D eigenvalue weighted by molar-refractivity contribution is 0.686. The number of nitriles is 1. The fourth-order valence-corrected chi connectivity index (χ4v) is 2.80. The molecule has 0 bridgehead atoms. The maximum atomic E-state index is 9.31. The Morgan fingerprint density at radius 1 is 1.28 bits per heavy atom. The second-order valence-corrected chi connectivity index (χ2v) is 4.85. The Labute approximate surface area is 107 Å². The minimum Gasteiger partial charge on any atom is -0.275 e. The zero-order chi connectivity index (χ0) is 12.5. The molecule has 1 aliphatic rings. The van der Waals surface area contributed by atoms with E-state index >= 15 is 0 Å². The molecule has 1 heterocycles. The lowest BCUT2D eigenvalue weighted by Gasteiger charge is -2.19. The van der Waals surface area contributed by atoms with E-state index in [9.17, 15) is 5.26 Å². The summed E-state index contributed by atoms with van der Waals surface area (Å²) in [5, 5.41) is 13.5. The normalized spacial score (nSPS) is 14.0. The molecule has 2 aromatic rings. The number of hydrogen-bond acceptors (Lipinski definition) is 2. The average molecular weight is 237 g/mol. The molecule has 1 aromatic carbocycles. The molecule has 18 heavy (non-hydrogen) atoms. The molecule has 0 spiro atoms. The summed E-state index contributed by atoms with van der Waals surface area (Å²) in [6, 6.07) is 6.39. The minimum absolute atomic E-state index is 0.767. The Hall–Kier alpha value is -2.08. The highest BCUT2D eigenvalue weighted by molar-refractivity contribution is 5.74. The van der Waals surface area contributed by atoms with Crippen LogP contribution in [0.5, 0.6) is 0 Å². The van der Waals surface area contributed by atoms with Gasteiger partial charge in [0.15, 0.2) is 0 Å². The third kappa shape index (κ3) is 1.70. The van der Waals surface area contributed by atoms with Gasteiger partial charge in [-0.1, -0.05) is 6.07 Å². The number of aromatic nitrogens is 2. The van der Waals surface area contributed by atoms with Crippen LogP contribution in [0.4, 0.5) is 0 Å². The topological polar surface area (TPSA) is 41.6 Å². The highest BCUT2D eigenvalue weighted by atomic mass is 15.2. The summed E-state index contributed by atoms with van der Waals surface area (Å²) in [6.45, 7) is 0. The van der Waals surface area contributed by atoms with Gasteiger partial charge in [-0.3, -0.25) is 4.68 Å². The highest BCUT2D eigenvalue weighted by Gasteiger charge is 2.18. The van der Waals surface area contributed by atoms with Gasteiger partial charge >= 0.3 is 0 Å². The maximum Gasteiger partial charge on any atom is 0.0998 e. The van der Waals surface area contributed by atoms with Crippen molar-refractivity contribution in [2.24, 2.45) is 7.05 Å². The smallest absolute Gasteiger partial charge is 0.0998 e. The Bertz CT molecular complexity index is 632. The molecule has 0 saturated carbocycles. The summed E-state index contributed by atoms with van der Waals surface area (Å²) in [7, 11) is 1.91. The van der Waals surface area contributed by atoms with Gasteiger partial charge in [-0.05, 0) is 42.9 Å². The molecule has 0 radical (unpaired) electrons. The molecular weight excluding hydrogens is 222 g/mol. The van der Waals surface area contributed by atoms with Gasteiger partial charge in [0.2, 0.25) is 0 Å². The van der Waals surface area contributed by atoms with Crippen LogP contribution >= 0.6 is 0 Å². The minimum atomic E-state index is 0.767. The molecule has 0 fully saturated rings. The Kier molecular flexibility index (Phi) is 2.64. The van der Waals surface area contributed by atoms with E-state index in [0.717, 1.165) is 29.5 Å². The highest BCUT2D eigenvalue weighted by Crippen LogP contribution is 2.34. The first-order chi connectivity index (χ1) is 8.79. The van der Waals surface area contributed by atoms with Gasteiger partial charge in [-0.2, -0.15) is 10.4 Å². The second kappa shape index (κ2) is 4.30. The van der Waals surface area contributed by atoms with Crippen molar-refractivity contribution >= 4 is 0 Å². The van der Waals surface area contributed by atoms with Crippen molar-refractivity contribution in [1.82, 2.24) is 9.78 Å². The van der Waals surface area contributed by atoms with Crippen LogP contribution < -0.4 is 0 Å². The Balaban J connectivity index is 2.25. The summed E-state index contributed by atoms with van der Waals surface area (Å²) in [6.07, 6.45) is 8.53. The van der Waals surface area contributed by atoms with Crippen LogP contribution in [-0.4, -0.2) is 9.78 Å². The molecule has 1 aromatic heterocycles. The van der Waals surface area contributed by atoms with Gasteiger partial charge < -0.3 is 0 Å². The Morgan fingerprint density at radius 3 is 2.83 bits per heavy atom. The first-order valence-corrected chi connectivity index (χ1v) is 6.33. The maximum absolute atomic E-state index is 9.31. The molecule has 1 aliphatic carbocycles. The van der Waals surface area contributed by atoms with E-state index < -0.39 is 0 Å². The van der Waals surface area contributed by atoms with E-state index in [4.69, 9.17) is 0 Å². The van der Waals surface area contributed by atoms with Gasteiger partial charge in [0.05, 0.1) is 17.8 Å². The largest absolute Gasteiger partial charge is 0.275 e. The fraction of sp³-hybridized carbons (Fsp3) is 0.333. The molecule has 0 N–H and O–H groups in total. The lowest BCUT2D eigenvalue weighted by Crippen LogP contribution is -2.05.